The topological polar surface area (TPSA) is 79.6 Å². The monoisotopic (exact) mass is 392 g/mol. The molecule has 6 nitrogen and oxygen atoms in total. The minimum atomic E-state index is -0.400. The highest BCUT2D eigenvalue weighted by molar-refractivity contribution is 14.0. The molecule has 0 bridgehead atoms. The Hall–Kier alpha value is -1.38. The predicted octanol–water partition coefficient (Wildman–Crippen LogP) is 2.68. The van der Waals surface area contributed by atoms with E-state index in [0.717, 1.165) is 30.9 Å². The first kappa shape index (κ1) is 18.6. The Morgan fingerprint density at radius 1 is 1.30 bits per heavy atom. The van der Waals surface area contributed by atoms with Crippen LogP contribution in [0.1, 0.15) is 25.3 Å². The molecule has 0 aliphatic heterocycles. The van der Waals surface area contributed by atoms with Crippen LogP contribution in [-0.2, 0) is 6.54 Å². The molecule has 1 aromatic carbocycles. The van der Waals surface area contributed by atoms with Crippen molar-refractivity contribution < 1.29 is 4.92 Å². The minimum Gasteiger partial charge on any atom is -0.356 e. The van der Waals surface area contributed by atoms with E-state index in [2.05, 4.69) is 22.5 Å². The smallest absolute Gasteiger partial charge is 0.269 e. The lowest BCUT2D eigenvalue weighted by molar-refractivity contribution is -0.384. The number of aliphatic imine (C=N–C) groups is 1. The van der Waals surface area contributed by atoms with Crippen molar-refractivity contribution in [3.05, 3.63) is 39.9 Å². The summed E-state index contributed by atoms with van der Waals surface area (Å²) in [5.41, 5.74) is 1.08. The zero-order valence-electron chi connectivity index (χ0n) is 11.8. The van der Waals surface area contributed by atoms with Crippen LogP contribution in [0.15, 0.2) is 29.3 Å². The lowest BCUT2D eigenvalue weighted by Crippen LogP contribution is -2.37. The summed E-state index contributed by atoms with van der Waals surface area (Å²) < 4.78 is 0. The summed E-state index contributed by atoms with van der Waals surface area (Å²) in [6.45, 7) is 3.61. The molecule has 0 aliphatic rings. The first-order valence-electron chi connectivity index (χ1n) is 6.35. The molecular formula is C13H21IN4O2. The third-order valence-corrected chi connectivity index (χ3v) is 2.65. The molecule has 0 aromatic heterocycles. The molecule has 7 heteroatoms. The van der Waals surface area contributed by atoms with Gasteiger partial charge in [0.15, 0.2) is 5.96 Å². The van der Waals surface area contributed by atoms with E-state index < -0.39 is 4.92 Å². The van der Waals surface area contributed by atoms with Crippen molar-refractivity contribution in [3.8, 4) is 0 Å². The summed E-state index contributed by atoms with van der Waals surface area (Å²) >= 11 is 0. The Labute approximate surface area is 136 Å². The normalized spacial score (nSPS) is 10.6. The van der Waals surface area contributed by atoms with Gasteiger partial charge in [-0.25, -0.2) is 0 Å². The fourth-order valence-electron chi connectivity index (χ4n) is 1.53. The molecule has 0 unspecified atom stereocenters. The van der Waals surface area contributed by atoms with Crippen LogP contribution in [0.4, 0.5) is 5.69 Å². The number of hydrogen-bond donors (Lipinski definition) is 2. The summed E-state index contributed by atoms with van der Waals surface area (Å²) in [5, 5.41) is 16.9. The van der Waals surface area contributed by atoms with Crippen LogP contribution in [0.25, 0.3) is 0 Å². The second-order valence-corrected chi connectivity index (χ2v) is 4.13. The largest absolute Gasteiger partial charge is 0.356 e. The Bertz CT molecular complexity index is 435. The Kier molecular flexibility index (Phi) is 9.69. The zero-order chi connectivity index (χ0) is 14.1. The third kappa shape index (κ3) is 6.69. The van der Waals surface area contributed by atoms with Crippen molar-refractivity contribution in [2.45, 2.75) is 26.3 Å². The number of nitro groups is 1. The maximum atomic E-state index is 10.5. The molecule has 112 valence electrons. The first-order chi connectivity index (χ1) is 9.17. The molecule has 0 radical (unpaired) electrons. The van der Waals surface area contributed by atoms with Crippen LogP contribution in [0.5, 0.6) is 0 Å². The summed E-state index contributed by atoms with van der Waals surface area (Å²) in [6, 6.07) is 6.49. The molecular weight excluding hydrogens is 371 g/mol. The number of guanidine groups is 1. The van der Waals surface area contributed by atoms with Crippen LogP contribution in [-0.4, -0.2) is 24.5 Å². The molecule has 0 aliphatic carbocycles. The molecule has 0 amide bonds. The van der Waals surface area contributed by atoms with E-state index >= 15 is 0 Å². The van der Waals surface area contributed by atoms with Crippen molar-refractivity contribution >= 4 is 35.6 Å². The van der Waals surface area contributed by atoms with Crippen molar-refractivity contribution in [1.82, 2.24) is 10.6 Å². The molecule has 20 heavy (non-hydrogen) atoms. The molecule has 0 saturated heterocycles. The number of non-ortho nitro benzene ring substituents is 1. The number of halogens is 1. The van der Waals surface area contributed by atoms with Crippen molar-refractivity contribution in [2.75, 3.05) is 13.6 Å². The van der Waals surface area contributed by atoms with Gasteiger partial charge >= 0.3 is 0 Å². The minimum absolute atomic E-state index is 0. The van der Waals surface area contributed by atoms with Gasteiger partial charge in [-0.2, -0.15) is 0 Å². The molecule has 0 saturated carbocycles. The van der Waals surface area contributed by atoms with Crippen LogP contribution in [0.3, 0.4) is 0 Å². The highest BCUT2D eigenvalue weighted by Crippen LogP contribution is 2.11. The van der Waals surface area contributed by atoms with Gasteiger partial charge in [-0.05, 0) is 12.0 Å². The average Bonchev–Trinajstić information content (AvgIpc) is 2.43. The number of nitrogens with zero attached hydrogens (tertiary/aromatic N) is 2. The van der Waals surface area contributed by atoms with Gasteiger partial charge in [-0.15, -0.1) is 24.0 Å². The molecule has 0 heterocycles. The van der Waals surface area contributed by atoms with Crippen LogP contribution in [0.2, 0.25) is 0 Å². The van der Waals surface area contributed by atoms with Gasteiger partial charge in [-0.1, -0.05) is 25.5 Å². The summed E-state index contributed by atoms with van der Waals surface area (Å²) in [6.07, 6.45) is 2.23. The van der Waals surface area contributed by atoms with E-state index in [1.54, 1.807) is 19.2 Å². The fourth-order valence-corrected chi connectivity index (χ4v) is 1.53. The maximum absolute atomic E-state index is 10.5. The second-order valence-electron chi connectivity index (χ2n) is 4.13. The standard InChI is InChI=1S/C13H20N4O2.HI/c1-3-4-9-15-13(14-2)16-10-11-5-7-12(8-6-11)17(18)19;/h5-8H,3-4,9-10H2,1-2H3,(H2,14,15,16);1H. The van der Waals surface area contributed by atoms with E-state index in [-0.39, 0.29) is 29.7 Å². The van der Waals surface area contributed by atoms with Crippen LogP contribution >= 0.6 is 24.0 Å². The van der Waals surface area contributed by atoms with Gasteiger partial charge < -0.3 is 10.6 Å². The molecule has 0 atom stereocenters. The van der Waals surface area contributed by atoms with Gasteiger partial charge in [-0.3, -0.25) is 15.1 Å². The first-order valence-corrected chi connectivity index (χ1v) is 6.35. The molecule has 0 fully saturated rings. The van der Waals surface area contributed by atoms with Gasteiger partial charge in [0.1, 0.15) is 0 Å². The Morgan fingerprint density at radius 2 is 1.95 bits per heavy atom. The van der Waals surface area contributed by atoms with E-state index in [0.29, 0.717) is 6.54 Å². The maximum Gasteiger partial charge on any atom is 0.269 e. The highest BCUT2D eigenvalue weighted by atomic mass is 127. The Morgan fingerprint density at radius 3 is 2.45 bits per heavy atom. The van der Waals surface area contributed by atoms with Crippen molar-refractivity contribution in [1.29, 1.82) is 0 Å². The lowest BCUT2D eigenvalue weighted by atomic mass is 10.2. The van der Waals surface area contributed by atoms with Crippen LogP contribution < -0.4 is 10.6 Å². The highest BCUT2D eigenvalue weighted by Gasteiger charge is 2.04. The summed E-state index contributed by atoms with van der Waals surface area (Å²) in [5.74, 6) is 0.742. The third-order valence-electron chi connectivity index (χ3n) is 2.65. The second kappa shape index (κ2) is 10.4. The number of rotatable bonds is 6. The summed E-state index contributed by atoms with van der Waals surface area (Å²) in [4.78, 5) is 14.2. The van der Waals surface area contributed by atoms with E-state index in [1.165, 1.54) is 12.1 Å². The lowest BCUT2D eigenvalue weighted by Gasteiger charge is -2.11. The molecule has 0 spiro atoms. The number of nitrogens with one attached hydrogen (secondary N) is 2. The van der Waals surface area contributed by atoms with Crippen LogP contribution in [0, 0.1) is 10.1 Å². The predicted molar refractivity (Wildman–Crippen MR) is 91.6 cm³/mol. The number of unbranched alkanes of at least 4 members (excludes halogenated alkanes) is 1. The summed E-state index contributed by atoms with van der Waals surface area (Å²) in [7, 11) is 1.72. The molecule has 2 N–H and O–H groups in total. The molecule has 1 rings (SSSR count). The van der Waals surface area contributed by atoms with Gasteiger partial charge in [0.25, 0.3) is 5.69 Å². The quantitative estimate of drug-likeness (QED) is 0.195. The van der Waals surface area contributed by atoms with Gasteiger partial charge in [0.05, 0.1) is 4.92 Å². The fraction of sp³-hybridized carbons (Fsp3) is 0.462. The van der Waals surface area contributed by atoms with E-state index in [9.17, 15) is 10.1 Å². The van der Waals surface area contributed by atoms with Crippen molar-refractivity contribution in [3.63, 3.8) is 0 Å². The number of nitro benzene ring substituents is 1. The van der Waals surface area contributed by atoms with Crippen molar-refractivity contribution in [2.24, 2.45) is 4.99 Å². The Balaban J connectivity index is 0.00000361. The zero-order valence-corrected chi connectivity index (χ0v) is 14.1. The van der Waals surface area contributed by atoms with E-state index in [1.807, 2.05) is 0 Å². The SMILES string of the molecule is CCCCNC(=NC)NCc1ccc([N+](=O)[O-])cc1.I. The number of benzene rings is 1. The van der Waals surface area contributed by atoms with E-state index in [4.69, 9.17) is 0 Å². The average molecular weight is 392 g/mol. The number of hydrogen-bond acceptors (Lipinski definition) is 3. The molecule has 1 aromatic rings. The van der Waals surface area contributed by atoms with Gasteiger partial charge in [0, 0.05) is 32.3 Å². The van der Waals surface area contributed by atoms with Gasteiger partial charge in [0.2, 0.25) is 0 Å².